The summed E-state index contributed by atoms with van der Waals surface area (Å²) < 4.78 is 26.9. The normalized spacial score (nSPS) is 29.5. The summed E-state index contributed by atoms with van der Waals surface area (Å²) >= 11 is 0. The van der Waals surface area contributed by atoms with Gasteiger partial charge in [0.2, 0.25) is 15.9 Å². The molecule has 0 spiro atoms. The molecule has 0 N–H and O–H groups in total. The van der Waals surface area contributed by atoms with Crippen molar-refractivity contribution >= 4 is 15.9 Å². The van der Waals surface area contributed by atoms with E-state index in [4.69, 9.17) is 0 Å². The monoisotopic (exact) mass is 326 g/mol. The molecule has 0 radical (unpaired) electrons. The van der Waals surface area contributed by atoms with Crippen LogP contribution in [0, 0.1) is 5.92 Å². The number of hydrogen-bond acceptors (Lipinski definition) is 4. The summed E-state index contributed by atoms with van der Waals surface area (Å²) in [6, 6.07) is 2.11. The minimum Gasteiger partial charge on any atom is -0.335 e. The fourth-order valence-corrected chi connectivity index (χ4v) is 4.80. The van der Waals surface area contributed by atoms with E-state index in [1.807, 2.05) is 21.8 Å². The molecule has 3 heterocycles. The van der Waals surface area contributed by atoms with Crippen LogP contribution in [0.1, 0.15) is 19.8 Å². The molecule has 1 amide bonds. The molecule has 3 rings (SSSR count). The highest BCUT2D eigenvalue weighted by atomic mass is 32.2. The summed E-state index contributed by atoms with van der Waals surface area (Å²) in [6.45, 7) is 3.28. The molecule has 2 saturated heterocycles. The molecule has 8 heteroatoms. The lowest BCUT2D eigenvalue weighted by Gasteiger charge is -2.37. The maximum Gasteiger partial charge on any atom is 0.220 e. The second kappa shape index (κ2) is 5.66. The van der Waals surface area contributed by atoms with Crippen LogP contribution in [-0.4, -0.2) is 64.7 Å². The molecule has 0 bridgehead atoms. The smallest absolute Gasteiger partial charge is 0.220 e. The van der Waals surface area contributed by atoms with E-state index in [0.29, 0.717) is 26.1 Å². The number of carbonyl (C=O) groups excluding carboxylic acids is 1. The zero-order chi connectivity index (χ0) is 15.9. The van der Waals surface area contributed by atoms with Gasteiger partial charge >= 0.3 is 0 Å². The number of likely N-dealkylation sites (tertiary alicyclic amines) is 1. The van der Waals surface area contributed by atoms with E-state index in [0.717, 1.165) is 6.42 Å². The number of aromatic nitrogens is 2. The van der Waals surface area contributed by atoms with E-state index < -0.39 is 10.0 Å². The Kier molecular flexibility index (Phi) is 3.98. The Morgan fingerprint density at radius 3 is 2.77 bits per heavy atom. The summed E-state index contributed by atoms with van der Waals surface area (Å²) in [5.41, 5.74) is 0. The standard InChI is InChI=1S/C14H22N4O3S/c1-11(19)18-13(10-16-6-3-5-15-16)8-12-9-17(22(2,20)21)7-4-14(12)18/h3,5-6,12-14H,4,7-10H2,1-2H3/t12-,13+,14+/m1/s1. The average Bonchev–Trinajstić information content (AvgIpc) is 3.03. The molecule has 0 saturated carbocycles. The zero-order valence-electron chi connectivity index (χ0n) is 12.9. The van der Waals surface area contributed by atoms with E-state index in [2.05, 4.69) is 5.10 Å². The van der Waals surface area contributed by atoms with Crippen LogP contribution < -0.4 is 0 Å². The first-order chi connectivity index (χ1) is 10.4. The lowest BCUT2D eigenvalue weighted by molar-refractivity contribution is -0.132. The Hall–Kier alpha value is -1.41. The lowest BCUT2D eigenvalue weighted by Crippen LogP contribution is -2.50. The molecule has 122 valence electrons. The maximum atomic E-state index is 12.1. The second-order valence-electron chi connectivity index (χ2n) is 6.28. The molecular formula is C14H22N4O3S. The number of piperidine rings is 1. The predicted octanol–water partition coefficient (Wildman–Crippen LogP) is 0.154. The van der Waals surface area contributed by atoms with Gasteiger partial charge in [-0.2, -0.15) is 5.10 Å². The molecule has 22 heavy (non-hydrogen) atoms. The van der Waals surface area contributed by atoms with Crippen LogP contribution in [0.5, 0.6) is 0 Å². The molecule has 2 fully saturated rings. The highest BCUT2D eigenvalue weighted by Gasteiger charge is 2.46. The van der Waals surface area contributed by atoms with E-state index in [1.54, 1.807) is 17.4 Å². The van der Waals surface area contributed by atoms with Crippen molar-refractivity contribution in [3.63, 3.8) is 0 Å². The van der Waals surface area contributed by atoms with Crippen LogP contribution in [0.2, 0.25) is 0 Å². The fourth-order valence-electron chi connectivity index (χ4n) is 3.90. The molecule has 1 aromatic heterocycles. The van der Waals surface area contributed by atoms with E-state index in [9.17, 15) is 13.2 Å². The minimum atomic E-state index is -3.16. The lowest BCUT2D eigenvalue weighted by atomic mass is 9.93. The van der Waals surface area contributed by atoms with Crippen LogP contribution in [0.15, 0.2) is 18.5 Å². The summed E-state index contributed by atoms with van der Waals surface area (Å²) in [6.07, 6.45) is 6.42. The highest BCUT2D eigenvalue weighted by Crippen LogP contribution is 2.36. The minimum absolute atomic E-state index is 0.0671. The molecule has 0 aliphatic carbocycles. The fraction of sp³-hybridized carbons (Fsp3) is 0.714. The Morgan fingerprint density at radius 2 is 2.18 bits per heavy atom. The third-order valence-corrected chi connectivity index (χ3v) is 6.04. The van der Waals surface area contributed by atoms with Crippen LogP contribution in [0.25, 0.3) is 0 Å². The predicted molar refractivity (Wildman–Crippen MR) is 81.5 cm³/mol. The van der Waals surface area contributed by atoms with Crippen molar-refractivity contribution in [3.05, 3.63) is 18.5 Å². The summed E-state index contributed by atoms with van der Waals surface area (Å²) in [5.74, 6) is 0.283. The van der Waals surface area contributed by atoms with Gasteiger partial charge in [-0.15, -0.1) is 0 Å². The summed E-state index contributed by atoms with van der Waals surface area (Å²) in [7, 11) is -3.16. The van der Waals surface area contributed by atoms with Gasteiger partial charge in [-0.1, -0.05) is 0 Å². The van der Waals surface area contributed by atoms with Crippen molar-refractivity contribution in [2.24, 2.45) is 5.92 Å². The van der Waals surface area contributed by atoms with Crippen molar-refractivity contribution < 1.29 is 13.2 Å². The van der Waals surface area contributed by atoms with Crippen LogP contribution >= 0.6 is 0 Å². The van der Waals surface area contributed by atoms with Gasteiger partial charge in [-0.25, -0.2) is 12.7 Å². The Bertz CT molecular complexity index is 643. The molecule has 2 aliphatic heterocycles. The zero-order valence-corrected chi connectivity index (χ0v) is 13.7. The van der Waals surface area contributed by atoms with E-state index in [1.165, 1.54) is 6.26 Å². The number of amides is 1. The Morgan fingerprint density at radius 1 is 1.41 bits per heavy atom. The maximum absolute atomic E-state index is 12.1. The number of sulfonamides is 1. The largest absolute Gasteiger partial charge is 0.335 e. The van der Waals surface area contributed by atoms with Gasteiger partial charge in [0, 0.05) is 38.4 Å². The number of rotatable bonds is 3. The molecule has 3 atom stereocenters. The van der Waals surface area contributed by atoms with Gasteiger partial charge in [0.1, 0.15) is 0 Å². The first-order valence-electron chi connectivity index (χ1n) is 7.57. The van der Waals surface area contributed by atoms with E-state index >= 15 is 0 Å². The molecule has 0 unspecified atom stereocenters. The Labute approximate surface area is 130 Å². The van der Waals surface area contributed by atoms with Gasteiger partial charge in [0.15, 0.2) is 0 Å². The van der Waals surface area contributed by atoms with Crippen molar-refractivity contribution in [2.45, 2.75) is 38.4 Å². The van der Waals surface area contributed by atoms with Crippen molar-refractivity contribution in [3.8, 4) is 0 Å². The number of hydrogen-bond donors (Lipinski definition) is 0. The quantitative estimate of drug-likeness (QED) is 0.793. The van der Waals surface area contributed by atoms with Gasteiger partial charge in [-0.05, 0) is 24.8 Å². The average molecular weight is 326 g/mol. The number of nitrogens with zero attached hydrogens (tertiary/aromatic N) is 4. The Balaban J connectivity index is 1.78. The molecule has 0 aromatic carbocycles. The number of fused-ring (bicyclic) bond motifs is 1. The first kappa shape index (κ1) is 15.5. The third kappa shape index (κ3) is 2.89. The molecule has 2 aliphatic rings. The molecule has 7 nitrogen and oxygen atoms in total. The molecular weight excluding hydrogens is 304 g/mol. The van der Waals surface area contributed by atoms with Crippen molar-refractivity contribution in [1.29, 1.82) is 0 Å². The van der Waals surface area contributed by atoms with Crippen LogP contribution in [0.3, 0.4) is 0 Å². The van der Waals surface area contributed by atoms with Crippen molar-refractivity contribution in [2.75, 3.05) is 19.3 Å². The summed E-state index contributed by atoms with van der Waals surface area (Å²) in [5, 5.41) is 4.22. The summed E-state index contributed by atoms with van der Waals surface area (Å²) in [4.78, 5) is 14.0. The van der Waals surface area contributed by atoms with Gasteiger partial charge in [-0.3, -0.25) is 9.48 Å². The first-order valence-corrected chi connectivity index (χ1v) is 9.42. The van der Waals surface area contributed by atoms with Crippen LogP contribution in [-0.2, 0) is 21.4 Å². The van der Waals surface area contributed by atoms with E-state index in [-0.39, 0.29) is 23.9 Å². The van der Waals surface area contributed by atoms with Gasteiger partial charge in [0.05, 0.1) is 18.8 Å². The number of carbonyl (C=O) groups is 1. The SMILES string of the molecule is CC(=O)N1[C@H](Cn2cccn2)C[C@@H]2CN(S(C)(=O)=O)CC[C@@H]21. The second-order valence-corrected chi connectivity index (χ2v) is 8.26. The van der Waals surface area contributed by atoms with Gasteiger partial charge in [0.25, 0.3) is 0 Å². The third-order valence-electron chi connectivity index (χ3n) is 4.77. The molecule has 1 aromatic rings. The van der Waals surface area contributed by atoms with Crippen molar-refractivity contribution in [1.82, 2.24) is 19.0 Å². The van der Waals surface area contributed by atoms with Crippen LogP contribution in [0.4, 0.5) is 0 Å². The topological polar surface area (TPSA) is 75.5 Å². The van der Waals surface area contributed by atoms with Gasteiger partial charge < -0.3 is 4.90 Å². The highest BCUT2D eigenvalue weighted by molar-refractivity contribution is 7.88.